The number of benzene rings is 1. The molecule has 3 rings (SSSR count). The van der Waals surface area contributed by atoms with Crippen molar-refractivity contribution in [3.05, 3.63) is 65.4 Å². The summed E-state index contributed by atoms with van der Waals surface area (Å²) in [4.78, 5) is 17.3. The number of aryl methyl sites for hydroxylation is 1. The van der Waals surface area contributed by atoms with Gasteiger partial charge in [0, 0.05) is 13.5 Å². The summed E-state index contributed by atoms with van der Waals surface area (Å²) in [7, 11) is -2.08. The van der Waals surface area contributed by atoms with Crippen LogP contribution in [0.25, 0.3) is 5.57 Å². The van der Waals surface area contributed by atoms with Crippen LogP contribution in [-0.4, -0.2) is 38.2 Å². The zero-order valence-corrected chi connectivity index (χ0v) is 19.9. The number of carbonyl (C=O) groups is 1. The minimum absolute atomic E-state index is 0.0482. The molecule has 2 heterocycles. The number of hydrogen-bond acceptors (Lipinski definition) is 6. The molecule has 0 radical (unpaired) electrons. The third-order valence-corrected chi connectivity index (χ3v) is 7.06. The maximum Gasteiger partial charge on any atom is 0.326 e. The van der Waals surface area contributed by atoms with Crippen LogP contribution in [0.3, 0.4) is 0 Å². The number of aromatic nitrogens is 1. The number of carbonyl (C=O) groups excluding carboxylic acids is 1. The summed E-state index contributed by atoms with van der Waals surface area (Å²) in [6.45, 7) is 7.92. The van der Waals surface area contributed by atoms with E-state index in [0.29, 0.717) is 17.7 Å². The molecule has 1 aliphatic rings. The first-order valence-corrected chi connectivity index (χ1v) is 12.4. The molecule has 4 bridgehead atoms. The largest absolute Gasteiger partial charge is 0.459 e. The Morgan fingerprint density at radius 2 is 1.91 bits per heavy atom. The molecule has 1 aliphatic heterocycles. The molecule has 8 heteroatoms. The van der Waals surface area contributed by atoms with Crippen LogP contribution in [0.4, 0.5) is 5.82 Å². The van der Waals surface area contributed by atoms with E-state index in [0.717, 1.165) is 40.1 Å². The SMILES string of the molecule is C=C1c2cc(cc(N(C)S(C)(=O)=O)n2)COC(=O)C(C)(N)Cc2cccc(c2)CCC1C. The van der Waals surface area contributed by atoms with Crippen LogP contribution in [0.1, 0.15) is 42.7 Å². The van der Waals surface area contributed by atoms with E-state index in [1.165, 1.54) is 7.05 Å². The first-order valence-electron chi connectivity index (χ1n) is 10.5. The molecule has 1 aromatic carbocycles. The third-order valence-electron chi connectivity index (χ3n) is 5.88. The zero-order chi connectivity index (χ0) is 23.7. The van der Waals surface area contributed by atoms with E-state index in [2.05, 4.69) is 30.6 Å². The lowest BCUT2D eigenvalue weighted by Crippen LogP contribution is -2.48. The summed E-state index contributed by atoms with van der Waals surface area (Å²) in [5.41, 5.74) is 9.25. The molecule has 0 fully saturated rings. The number of allylic oxidation sites excluding steroid dienone is 1. The van der Waals surface area contributed by atoms with Gasteiger partial charge >= 0.3 is 5.97 Å². The highest BCUT2D eigenvalue weighted by atomic mass is 32.2. The van der Waals surface area contributed by atoms with E-state index in [-0.39, 0.29) is 18.3 Å². The summed E-state index contributed by atoms with van der Waals surface area (Å²) in [5.74, 6) is -0.164. The second-order valence-corrected chi connectivity index (χ2v) is 10.9. The lowest BCUT2D eigenvalue weighted by atomic mass is 9.90. The number of esters is 1. The number of ether oxygens (including phenoxy) is 1. The summed E-state index contributed by atoms with van der Waals surface area (Å²) >= 11 is 0. The molecule has 0 aliphatic carbocycles. The van der Waals surface area contributed by atoms with Gasteiger partial charge in [0.05, 0.1) is 11.9 Å². The second kappa shape index (κ2) is 9.03. The molecule has 0 amide bonds. The Bertz CT molecular complexity index is 1140. The predicted octanol–water partition coefficient (Wildman–Crippen LogP) is 3.08. The summed E-state index contributed by atoms with van der Waals surface area (Å²) in [6, 6.07) is 11.5. The lowest BCUT2D eigenvalue weighted by molar-refractivity contribution is -0.150. The fraction of sp³-hybridized carbons (Fsp3) is 0.417. The lowest BCUT2D eigenvalue weighted by Gasteiger charge is -2.23. The quantitative estimate of drug-likeness (QED) is 0.696. The standard InChI is InChI=1S/C24H31N3O4S/c1-16-9-10-18-7-6-8-19(11-18)14-24(3,25)23(28)31-15-20-12-21(17(16)2)26-22(13-20)27(4)32(5,29)30/h6-8,11-13,16H,2,9-10,14-15,25H2,1,3-5H3. The Morgan fingerprint density at radius 1 is 1.22 bits per heavy atom. The summed E-state index contributed by atoms with van der Waals surface area (Å²) in [5, 5.41) is 0. The number of pyridine rings is 1. The van der Waals surface area contributed by atoms with E-state index in [4.69, 9.17) is 10.5 Å². The Kier molecular flexibility index (Phi) is 6.76. The number of cyclic esters (lactones) is 1. The molecular formula is C24H31N3O4S. The van der Waals surface area contributed by atoms with Crippen molar-refractivity contribution in [2.45, 2.75) is 45.3 Å². The Hall–Kier alpha value is -2.71. The monoisotopic (exact) mass is 457 g/mol. The molecule has 2 N–H and O–H groups in total. The molecule has 1 aromatic heterocycles. The molecule has 0 saturated heterocycles. The minimum Gasteiger partial charge on any atom is -0.459 e. The van der Waals surface area contributed by atoms with Gasteiger partial charge in [-0.25, -0.2) is 13.4 Å². The first-order chi connectivity index (χ1) is 14.9. The van der Waals surface area contributed by atoms with Crippen molar-refractivity contribution in [2.24, 2.45) is 11.7 Å². The average Bonchev–Trinajstić information content (AvgIpc) is 2.73. The molecule has 2 atom stereocenters. The molecule has 0 spiro atoms. The molecular weight excluding hydrogens is 426 g/mol. The van der Waals surface area contributed by atoms with Crippen molar-refractivity contribution in [1.29, 1.82) is 0 Å². The maximum absolute atomic E-state index is 12.8. The van der Waals surface area contributed by atoms with E-state index in [1.54, 1.807) is 19.1 Å². The van der Waals surface area contributed by atoms with Gasteiger partial charge in [-0.3, -0.25) is 9.10 Å². The highest BCUT2D eigenvalue weighted by Crippen LogP contribution is 2.28. The van der Waals surface area contributed by atoms with Crippen LogP contribution >= 0.6 is 0 Å². The molecule has 172 valence electrons. The number of hydrogen-bond donors (Lipinski definition) is 1. The summed E-state index contributed by atoms with van der Waals surface area (Å²) < 4.78 is 30.8. The highest BCUT2D eigenvalue weighted by Gasteiger charge is 2.31. The molecule has 2 unspecified atom stereocenters. The minimum atomic E-state index is -3.52. The van der Waals surface area contributed by atoms with Gasteiger partial charge in [-0.15, -0.1) is 0 Å². The number of nitrogens with two attached hydrogens (primary N) is 1. The Labute approximate surface area is 190 Å². The van der Waals surface area contributed by atoms with Crippen molar-refractivity contribution < 1.29 is 17.9 Å². The third kappa shape index (κ3) is 5.55. The van der Waals surface area contributed by atoms with Crippen molar-refractivity contribution in [2.75, 3.05) is 17.6 Å². The summed E-state index contributed by atoms with van der Waals surface area (Å²) in [6.07, 6.45) is 3.14. The number of nitrogens with zero attached hydrogens (tertiary/aromatic N) is 2. The van der Waals surface area contributed by atoms with Crippen molar-refractivity contribution in [3.8, 4) is 0 Å². The van der Waals surface area contributed by atoms with Crippen LogP contribution in [-0.2, 0) is 39.0 Å². The Morgan fingerprint density at radius 3 is 2.59 bits per heavy atom. The number of rotatable bonds is 2. The van der Waals surface area contributed by atoms with Gasteiger partial charge in [0.15, 0.2) is 0 Å². The van der Waals surface area contributed by atoms with Gasteiger partial charge in [0.25, 0.3) is 0 Å². The normalized spacial score (nSPS) is 22.5. The molecule has 32 heavy (non-hydrogen) atoms. The van der Waals surface area contributed by atoms with Gasteiger partial charge < -0.3 is 10.5 Å². The molecule has 2 aromatic rings. The van der Waals surface area contributed by atoms with Gasteiger partial charge in [-0.2, -0.15) is 0 Å². The van der Waals surface area contributed by atoms with E-state index < -0.39 is 21.5 Å². The number of anilines is 1. The maximum atomic E-state index is 12.8. The number of sulfonamides is 1. The fourth-order valence-corrected chi connectivity index (χ4v) is 4.10. The topological polar surface area (TPSA) is 103 Å². The van der Waals surface area contributed by atoms with Gasteiger partial charge in [0.1, 0.15) is 18.0 Å². The van der Waals surface area contributed by atoms with Crippen LogP contribution in [0, 0.1) is 5.92 Å². The predicted molar refractivity (Wildman–Crippen MR) is 127 cm³/mol. The zero-order valence-electron chi connectivity index (χ0n) is 19.1. The van der Waals surface area contributed by atoms with Crippen molar-refractivity contribution in [1.82, 2.24) is 4.98 Å². The van der Waals surface area contributed by atoms with E-state index in [1.807, 2.05) is 12.1 Å². The Balaban J connectivity index is 2.05. The van der Waals surface area contributed by atoms with E-state index in [9.17, 15) is 13.2 Å². The van der Waals surface area contributed by atoms with Crippen molar-refractivity contribution >= 4 is 27.4 Å². The second-order valence-electron chi connectivity index (χ2n) is 8.90. The fourth-order valence-electron chi connectivity index (χ4n) is 3.67. The molecule has 0 saturated carbocycles. The van der Waals surface area contributed by atoms with E-state index >= 15 is 0 Å². The van der Waals surface area contributed by atoms with Gasteiger partial charge in [-0.1, -0.05) is 37.8 Å². The van der Waals surface area contributed by atoms with Gasteiger partial charge in [0.2, 0.25) is 10.0 Å². The van der Waals surface area contributed by atoms with Crippen LogP contribution < -0.4 is 10.0 Å². The van der Waals surface area contributed by atoms with Crippen LogP contribution in [0.2, 0.25) is 0 Å². The first kappa shape index (κ1) is 23.9. The van der Waals surface area contributed by atoms with Crippen LogP contribution in [0.15, 0.2) is 43.0 Å². The van der Waals surface area contributed by atoms with Crippen LogP contribution in [0.5, 0.6) is 0 Å². The van der Waals surface area contributed by atoms with Gasteiger partial charge in [-0.05, 0) is 60.1 Å². The van der Waals surface area contributed by atoms with Crippen molar-refractivity contribution in [3.63, 3.8) is 0 Å². The smallest absolute Gasteiger partial charge is 0.326 e. The number of fused-ring (bicyclic) bond motifs is 4. The highest BCUT2D eigenvalue weighted by molar-refractivity contribution is 7.92. The average molecular weight is 458 g/mol. The molecule has 7 nitrogen and oxygen atoms in total.